The molecule has 2 aromatic rings. The average Bonchev–Trinajstić information content (AvgIpc) is 2.38. The molecule has 2 rings (SSSR count). The summed E-state index contributed by atoms with van der Waals surface area (Å²) in [5.41, 5.74) is 1.83. The van der Waals surface area contributed by atoms with Crippen LogP contribution >= 0.6 is 22.3 Å². The Balaban J connectivity index is 2.58. The maximum Gasteiger partial charge on any atom is 0.261 e. The Morgan fingerprint density at radius 1 is 1.16 bits per heavy atom. The molecule has 0 saturated heterocycles. The van der Waals surface area contributed by atoms with Crippen LogP contribution in [0.4, 0.5) is 0 Å². The van der Waals surface area contributed by atoms with E-state index >= 15 is 0 Å². The number of hydrogen-bond acceptors (Lipinski definition) is 4. The zero-order chi connectivity index (χ0) is 14.0. The molecule has 100 valence electrons. The molecule has 19 heavy (non-hydrogen) atoms. The van der Waals surface area contributed by atoms with Crippen LogP contribution in [0.5, 0.6) is 0 Å². The van der Waals surface area contributed by atoms with Gasteiger partial charge in [-0.15, -0.1) is 10.2 Å². The van der Waals surface area contributed by atoms with Crippen LogP contribution < -0.4 is 0 Å². The Hall–Kier alpha value is -1.17. The number of hydrogen-bond donors (Lipinski definition) is 0. The molecule has 0 atom stereocenters. The van der Waals surface area contributed by atoms with Gasteiger partial charge in [0.25, 0.3) is 9.05 Å². The zero-order valence-corrected chi connectivity index (χ0v) is 12.3. The third-order valence-electron chi connectivity index (χ3n) is 2.64. The van der Waals surface area contributed by atoms with Gasteiger partial charge in [0.1, 0.15) is 0 Å². The zero-order valence-electron chi connectivity index (χ0n) is 9.97. The van der Waals surface area contributed by atoms with Crippen molar-refractivity contribution in [1.82, 2.24) is 10.2 Å². The van der Waals surface area contributed by atoms with Gasteiger partial charge in [0.15, 0.2) is 5.15 Å². The van der Waals surface area contributed by atoms with E-state index in [1.165, 1.54) is 6.07 Å². The van der Waals surface area contributed by atoms with E-state index in [2.05, 4.69) is 10.2 Å². The quantitative estimate of drug-likeness (QED) is 0.815. The Kier molecular flexibility index (Phi) is 4.08. The van der Waals surface area contributed by atoms with E-state index in [4.69, 9.17) is 22.3 Å². The SMILES string of the molecule is CCc1ccc(-c2ccc(Cl)nn2)cc1S(=O)(=O)Cl. The minimum Gasteiger partial charge on any atom is -0.207 e. The van der Waals surface area contributed by atoms with Crippen molar-refractivity contribution >= 4 is 31.3 Å². The molecule has 0 spiro atoms. The summed E-state index contributed by atoms with van der Waals surface area (Å²) in [6.45, 7) is 1.86. The normalized spacial score (nSPS) is 11.5. The number of rotatable bonds is 3. The highest BCUT2D eigenvalue weighted by molar-refractivity contribution is 8.13. The van der Waals surface area contributed by atoms with Crippen molar-refractivity contribution in [2.45, 2.75) is 18.2 Å². The van der Waals surface area contributed by atoms with Gasteiger partial charge >= 0.3 is 0 Å². The molecule has 0 aliphatic heterocycles. The lowest BCUT2D eigenvalue weighted by atomic mass is 10.1. The molecule has 0 aliphatic carbocycles. The highest BCUT2D eigenvalue weighted by atomic mass is 35.7. The largest absolute Gasteiger partial charge is 0.261 e. The summed E-state index contributed by atoms with van der Waals surface area (Å²) in [7, 11) is 1.66. The fourth-order valence-electron chi connectivity index (χ4n) is 1.70. The standard InChI is InChI=1S/C12H10Cl2N2O2S/c1-2-8-3-4-9(7-11(8)19(14,17)18)10-5-6-12(13)16-15-10/h3-7H,2H2,1H3. The number of benzene rings is 1. The Morgan fingerprint density at radius 2 is 1.89 bits per heavy atom. The summed E-state index contributed by atoms with van der Waals surface area (Å²) in [5, 5.41) is 7.91. The van der Waals surface area contributed by atoms with Gasteiger partial charge in [-0.1, -0.05) is 30.7 Å². The molecule has 0 aliphatic rings. The lowest BCUT2D eigenvalue weighted by Crippen LogP contribution is -1.98. The highest BCUT2D eigenvalue weighted by Gasteiger charge is 2.16. The van der Waals surface area contributed by atoms with Gasteiger partial charge in [-0.2, -0.15) is 0 Å². The van der Waals surface area contributed by atoms with E-state index in [-0.39, 0.29) is 10.0 Å². The first-order valence-electron chi connectivity index (χ1n) is 5.49. The second kappa shape index (κ2) is 5.45. The molecule has 0 fully saturated rings. The first-order valence-corrected chi connectivity index (χ1v) is 8.17. The van der Waals surface area contributed by atoms with Gasteiger partial charge in [-0.05, 0) is 30.2 Å². The van der Waals surface area contributed by atoms with Crippen molar-refractivity contribution < 1.29 is 8.42 Å². The first kappa shape index (κ1) is 14.2. The lowest BCUT2D eigenvalue weighted by Gasteiger charge is -2.07. The molecular weight excluding hydrogens is 307 g/mol. The van der Waals surface area contributed by atoms with E-state index < -0.39 is 9.05 Å². The van der Waals surface area contributed by atoms with E-state index in [9.17, 15) is 8.42 Å². The predicted molar refractivity (Wildman–Crippen MR) is 74.9 cm³/mol. The molecule has 0 unspecified atom stereocenters. The van der Waals surface area contributed by atoms with Gasteiger partial charge in [0.05, 0.1) is 10.6 Å². The van der Waals surface area contributed by atoms with Crippen molar-refractivity contribution in [3.63, 3.8) is 0 Å². The summed E-state index contributed by atoms with van der Waals surface area (Å²) in [5.74, 6) is 0. The molecule has 0 N–H and O–H groups in total. The summed E-state index contributed by atoms with van der Waals surface area (Å²) in [6.07, 6.45) is 0.577. The third kappa shape index (κ3) is 3.23. The fraction of sp³-hybridized carbons (Fsp3) is 0.167. The molecule has 0 saturated carbocycles. The highest BCUT2D eigenvalue weighted by Crippen LogP contribution is 2.26. The smallest absolute Gasteiger partial charge is 0.207 e. The number of aryl methyl sites for hydroxylation is 1. The van der Waals surface area contributed by atoms with E-state index in [1.54, 1.807) is 24.3 Å². The number of halogens is 2. The third-order valence-corrected chi connectivity index (χ3v) is 4.24. The van der Waals surface area contributed by atoms with Gasteiger partial charge in [-0.25, -0.2) is 8.42 Å². The molecule has 0 amide bonds. The van der Waals surface area contributed by atoms with Crippen molar-refractivity contribution in [3.05, 3.63) is 41.0 Å². The second-order valence-electron chi connectivity index (χ2n) is 3.86. The Bertz CT molecular complexity index is 700. The summed E-state index contributed by atoms with van der Waals surface area (Å²) in [4.78, 5) is 0.103. The maximum absolute atomic E-state index is 11.6. The van der Waals surface area contributed by atoms with Crippen molar-refractivity contribution in [3.8, 4) is 11.3 Å². The van der Waals surface area contributed by atoms with Crippen LogP contribution in [0.1, 0.15) is 12.5 Å². The summed E-state index contributed by atoms with van der Waals surface area (Å²) in [6, 6.07) is 8.26. The Labute approximate surface area is 120 Å². The van der Waals surface area contributed by atoms with Crippen LogP contribution in [0.15, 0.2) is 35.2 Å². The van der Waals surface area contributed by atoms with Crippen LogP contribution in [-0.2, 0) is 15.5 Å². The summed E-state index contributed by atoms with van der Waals surface area (Å²) < 4.78 is 23.1. The number of nitrogens with zero attached hydrogens (tertiary/aromatic N) is 2. The molecule has 0 radical (unpaired) electrons. The van der Waals surface area contributed by atoms with E-state index in [0.717, 1.165) is 0 Å². The van der Waals surface area contributed by atoms with E-state index in [0.29, 0.717) is 23.2 Å². The first-order chi connectivity index (χ1) is 8.91. The predicted octanol–water partition coefficient (Wildman–Crippen LogP) is 3.29. The van der Waals surface area contributed by atoms with Crippen molar-refractivity contribution in [1.29, 1.82) is 0 Å². The van der Waals surface area contributed by atoms with E-state index in [1.807, 2.05) is 6.92 Å². The molecule has 1 aromatic carbocycles. The van der Waals surface area contributed by atoms with Crippen LogP contribution in [0.2, 0.25) is 5.15 Å². The number of aromatic nitrogens is 2. The molecule has 1 aromatic heterocycles. The monoisotopic (exact) mass is 316 g/mol. The Morgan fingerprint density at radius 3 is 2.42 bits per heavy atom. The topological polar surface area (TPSA) is 59.9 Å². The molecule has 1 heterocycles. The summed E-state index contributed by atoms with van der Waals surface area (Å²) >= 11 is 5.66. The minimum absolute atomic E-state index is 0.103. The lowest BCUT2D eigenvalue weighted by molar-refractivity contribution is 0.608. The van der Waals surface area contributed by atoms with Crippen LogP contribution in [0, 0.1) is 0 Å². The van der Waals surface area contributed by atoms with Crippen LogP contribution in [0.25, 0.3) is 11.3 Å². The van der Waals surface area contributed by atoms with Crippen molar-refractivity contribution in [2.75, 3.05) is 0 Å². The maximum atomic E-state index is 11.6. The van der Waals surface area contributed by atoms with Gasteiger partial charge in [0, 0.05) is 16.2 Å². The van der Waals surface area contributed by atoms with Gasteiger partial charge in [-0.3, -0.25) is 0 Å². The molecule has 7 heteroatoms. The van der Waals surface area contributed by atoms with Gasteiger partial charge < -0.3 is 0 Å². The van der Waals surface area contributed by atoms with Crippen LogP contribution in [0.3, 0.4) is 0 Å². The molecule has 0 bridgehead atoms. The molecular formula is C12H10Cl2N2O2S. The average molecular weight is 317 g/mol. The van der Waals surface area contributed by atoms with Crippen molar-refractivity contribution in [2.24, 2.45) is 0 Å². The fourth-order valence-corrected chi connectivity index (χ4v) is 3.03. The second-order valence-corrected chi connectivity index (χ2v) is 6.78. The van der Waals surface area contributed by atoms with Gasteiger partial charge in [0.2, 0.25) is 0 Å². The molecule has 4 nitrogen and oxygen atoms in total. The van der Waals surface area contributed by atoms with Crippen LogP contribution in [-0.4, -0.2) is 18.6 Å². The minimum atomic E-state index is -3.79.